The molecule has 0 aromatic heterocycles. The highest BCUT2D eigenvalue weighted by molar-refractivity contribution is 5.98. The van der Waals surface area contributed by atoms with E-state index in [0.29, 0.717) is 37.5 Å². The maximum atomic E-state index is 13.6. The zero-order valence-corrected chi connectivity index (χ0v) is 20.8. The molecule has 8 heteroatoms. The summed E-state index contributed by atoms with van der Waals surface area (Å²) < 4.78 is 58.9. The highest BCUT2D eigenvalue weighted by Gasteiger charge is 2.40. The van der Waals surface area contributed by atoms with Gasteiger partial charge in [-0.3, -0.25) is 4.79 Å². The van der Waals surface area contributed by atoms with E-state index in [1.54, 1.807) is 0 Å². The van der Waals surface area contributed by atoms with Crippen molar-refractivity contribution in [3.63, 3.8) is 0 Å². The van der Waals surface area contributed by atoms with Crippen molar-refractivity contribution in [2.24, 2.45) is 0 Å². The molecule has 1 unspecified atom stereocenters. The summed E-state index contributed by atoms with van der Waals surface area (Å²) >= 11 is 0. The molecule has 1 aliphatic heterocycles. The number of amides is 1. The third kappa shape index (κ3) is 9.80. The zero-order valence-electron chi connectivity index (χ0n) is 20.8. The van der Waals surface area contributed by atoms with Gasteiger partial charge in [-0.15, -0.1) is 0 Å². The molecule has 0 saturated carbocycles. The molecule has 1 heterocycles. The summed E-state index contributed by atoms with van der Waals surface area (Å²) in [6, 6.07) is 0.867. The standard InChI is InChI=1S/C27H39F4NO3/c1-2-3-4-5-6-7-8-9-10-11-12-13-19-35-26(34)24-15-14-18-32(24)25(33)22-20-21(28)16-17-23(22)27(29,30)31/h16-17,20,24H,2-15,18-19H2,1H3. The van der Waals surface area contributed by atoms with Crippen LogP contribution in [0, 0.1) is 5.82 Å². The van der Waals surface area contributed by atoms with Gasteiger partial charge in [-0.1, -0.05) is 77.6 Å². The van der Waals surface area contributed by atoms with Crippen LogP contribution in [0.3, 0.4) is 0 Å². The van der Waals surface area contributed by atoms with Crippen molar-refractivity contribution in [3.8, 4) is 0 Å². The Kier molecular flexibility index (Phi) is 12.6. The molecule has 0 spiro atoms. The van der Waals surface area contributed by atoms with Crippen LogP contribution in [-0.2, 0) is 15.7 Å². The number of carbonyl (C=O) groups is 2. The Balaban J connectivity index is 1.70. The second-order valence-corrected chi connectivity index (χ2v) is 9.40. The van der Waals surface area contributed by atoms with E-state index in [-0.39, 0.29) is 13.2 Å². The third-order valence-corrected chi connectivity index (χ3v) is 6.55. The minimum absolute atomic E-state index is 0.130. The van der Waals surface area contributed by atoms with Crippen LogP contribution in [-0.4, -0.2) is 36.0 Å². The molecule has 0 aliphatic carbocycles. The second-order valence-electron chi connectivity index (χ2n) is 9.40. The number of benzene rings is 1. The van der Waals surface area contributed by atoms with Crippen LogP contribution in [0.25, 0.3) is 0 Å². The third-order valence-electron chi connectivity index (χ3n) is 6.55. The molecule has 0 N–H and O–H groups in total. The van der Waals surface area contributed by atoms with Crippen molar-refractivity contribution in [1.82, 2.24) is 4.90 Å². The van der Waals surface area contributed by atoms with Crippen LogP contribution in [0.4, 0.5) is 17.6 Å². The van der Waals surface area contributed by atoms with Crippen LogP contribution in [0.15, 0.2) is 18.2 Å². The van der Waals surface area contributed by atoms with Crippen LogP contribution < -0.4 is 0 Å². The van der Waals surface area contributed by atoms with Gasteiger partial charge in [0.25, 0.3) is 5.91 Å². The van der Waals surface area contributed by atoms with Crippen LogP contribution >= 0.6 is 0 Å². The lowest BCUT2D eigenvalue weighted by Crippen LogP contribution is -2.42. The average Bonchev–Trinajstić information content (AvgIpc) is 3.30. The molecule has 198 valence electrons. The number of alkyl halides is 3. The second kappa shape index (κ2) is 15.1. The zero-order chi connectivity index (χ0) is 25.7. The lowest BCUT2D eigenvalue weighted by atomic mass is 10.0. The first kappa shape index (κ1) is 29.1. The molecule has 4 nitrogen and oxygen atoms in total. The van der Waals surface area contributed by atoms with E-state index in [1.807, 2.05) is 0 Å². The van der Waals surface area contributed by atoms with Gasteiger partial charge in [0.05, 0.1) is 17.7 Å². The van der Waals surface area contributed by atoms with E-state index in [9.17, 15) is 27.2 Å². The van der Waals surface area contributed by atoms with Crippen molar-refractivity contribution in [3.05, 3.63) is 35.1 Å². The van der Waals surface area contributed by atoms with Gasteiger partial charge in [-0.2, -0.15) is 13.2 Å². The number of ether oxygens (including phenoxy) is 1. The maximum Gasteiger partial charge on any atom is 0.417 e. The van der Waals surface area contributed by atoms with Crippen molar-refractivity contribution in [2.45, 2.75) is 109 Å². The van der Waals surface area contributed by atoms with Crippen molar-refractivity contribution in [2.75, 3.05) is 13.2 Å². The molecule has 1 saturated heterocycles. The van der Waals surface area contributed by atoms with Crippen molar-refractivity contribution >= 4 is 11.9 Å². The largest absolute Gasteiger partial charge is 0.464 e. The first-order chi connectivity index (χ1) is 16.8. The van der Waals surface area contributed by atoms with Crippen LogP contribution in [0.5, 0.6) is 0 Å². The van der Waals surface area contributed by atoms with Crippen LogP contribution in [0.1, 0.15) is 113 Å². The van der Waals surface area contributed by atoms with Gasteiger partial charge < -0.3 is 9.64 Å². The molecule has 1 aromatic rings. The summed E-state index contributed by atoms with van der Waals surface area (Å²) in [5.41, 5.74) is -1.99. The molecule has 1 aliphatic rings. The van der Waals surface area contributed by atoms with Crippen LogP contribution in [0.2, 0.25) is 0 Å². The van der Waals surface area contributed by atoms with Gasteiger partial charge in [-0.05, 0) is 37.5 Å². The monoisotopic (exact) mass is 501 g/mol. The van der Waals surface area contributed by atoms with Gasteiger partial charge in [0.15, 0.2) is 0 Å². The Morgan fingerprint density at radius 3 is 2.09 bits per heavy atom. The molecule has 1 amide bonds. The van der Waals surface area contributed by atoms with Crippen molar-refractivity contribution in [1.29, 1.82) is 0 Å². The Labute approximate surface area is 206 Å². The van der Waals surface area contributed by atoms with E-state index in [0.717, 1.165) is 24.2 Å². The topological polar surface area (TPSA) is 46.6 Å². The van der Waals surface area contributed by atoms with E-state index < -0.39 is 41.0 Å². The molecule has 0 bridgehead atoms. The summed E-state index contributed by atoms with van der Waals surface area (Å²) in [4.78, 5) is 26.4. The first-order valence-corrected chi connectivity index (χ1v) is 13.1. The normalized spacial score (nSPS) is 16.0. The van der Waals surface area contributed by atoms with E-state index in [4.69, 9.17) is 4.74 Å². The van der Waals surface area contributed by atoms with Gasteiger partial charge in [0.1, 0.15) is 11.9 Å². The number of nitrogens with zero attached hydrogens (tertiary/aromatic N) is 1. The minimum Gasteiger partial charge on any atom is -0.464 e. The molecule has 1 atom stereocenters. The minimum atomic E-state index is -4.80. The van der Waals surface area contributed by atoms with E-state index >= 15 is 0 Å². The van der Waals surface area contributed by atoms with Gasteiger partial charge in [0, 0.05) is 6.54 Å². The van der Waals surface area contributed by atoms with Crippen molar-refractivity contribution < 1.29 is 31.9 Å². The number of hydrogen-bond donors (Lipinski definition) is 0. The molecular weight excluding hydrogens is 462 g/mol. The highest BCUT2D eigenvalue weighted by atomic mass is 19.4. The van der Waals surface area contributed by atoms with Gasteiger partial charge >= 0.3 is 12.1 Å². The molecule has 35 heavy (non-hydrogen) atoms. The number of hydrogen-bond acceptors (Lipinski definition) is 3. The number of halogens is 4. The summed E-state index contributed by atoms with van der Waals surface area (Å²) in [5.74, 6) is -2.54. The molecule has 1 aromatic carbocycles. The average molecular weight is 502 g/mol. The highest BCUT2D eigenvalue weighted by Crippen LogP contribution is 2.34. The SMILES string of the molecule is CCCCCCCCCCCCCCOC(=O)C1CCCN1C(=O)c1cc(F)ccc1C(F)(F)F. The first-order valence-electron chi connectivity index (χ1n) is 13.1. The molecule has 0 radical (unpaired) electrons. The Hall–Kier alpha value is -2.12. The summed E-state index contributed by atoms with van der Waals surface area (Å²) in [6.07, 6.45) is 10.2. The van der Waals surface area contributed by atoms with Gasteiger partial charge in [0.2, 0.25) is 0 Å². The summed E-state index contributed by atoms with van der Waals surface area (Å²) in [6.45, 7) is 2.57. The molecule has 1 fully saturated rings. The predicted molar refractivity (Wildman–Crippen MR) is 127 cm³/mol. The maximum absolute atomic E-state index is 13.6. The lowest BCUT2D eigenvalue weighted by Gasteiger charge is -2.24. The quantitative estimate of drug-likeness (QED) is 0.141. The fraction of sp³-hybridized carbons (Fsp3) is 0.704. The fourth-order valence-corrected chi connectivity index (χ4v) is 4.56. The Morgan fingerprint density at radius 2 is 1.51 bits per heavy atom. The smallest absolute Gasteiger partial charge is 0.417 e. The lowest BCUT2D eigenvalue weighted by molar-refractivity contribution is -0.148. The number of unbranched alkanes of at least 4 members (excludes halogenated alkanes) is 11. The van der Waals surface area contributed by atoms with E-state index in [1.165, 1.54) is 51.4 Å². The predicted octanol–water partition coefficient (Wildman–Crippen LogP) is 7.69. The Morgan fingerprint density at radius 1 is 0.943 bits per heavy atom. The number of likely N-dealkylation sites (tertiary alicyclic amines) is 1. The Bertz CT molecular complexity index is 797. The fourth-order valence-electron chi connectivity index (χ4n) is 4.56. The molecular formula is C27H39F4NO3. The number of esters is 1. The van der Waals surface area contributed by atoms with Gasteiger partial charge in [-0.25, -0.2) is 9.18 Å². The number of carbonyl (C=O) groups excluding carboxylic acids is 2. The van der Waals surface area contributed by atoms with E-state index in [2.05, 4.69) is 6.92 Å². The summed E-state index contributed by atoms with van der Waals surface area (Å²) in [7, 11) is 0. The molecule has 2 rings (SSSR count). The number of rotatable bonds is 15. The summed E-state index contributed by atoms with van der Waals surface area (Å²) in [5, 5.41) is 0.